The van der Waals surface area contributed by atoms with Gasteiger partial charge in [-0.25, -0.2) is 8.78 Å². The highest BCUT2D eigenvalue weighted by molar-refractivity contribution is 9.08. The van der Waals surface area contributed by atoms with E-state index in [1.54, 1.807) is 6.07 Å². The number of pyridine rings is 1. The molecule has 0 saturated heterocycles. The molecule has 18 heavy (non-hydrogen) atoms. The molecule has 0 aliphatic heterocycles. The van der Waals surface area contributed by atoms with E-state index >= 15 is 0 Å². The first-order valence-corrected chi connectivity index (χ1v) is 5.99. The Balaban J connectivity index is 3.34. The molecule has 1 rings (SSSR count). The van der Waals surface area contributed by atoms with Crippen LogP contribution in [0.2, 0.25) is 0 Å². The van der Waals surface area contributed by atoms with Crippen molar-refractivity contribution in [1.29, 1.82) is 5.26 Å². The second kappa shape index (κ2) is 6.40. The molecule has 0 aliphatic rings. The third kappa shape index (κ3) is 3.01. The Morgan fingerprint density at radius 1 is 1.67 bits per heavy atom. The lowest BCUT2D eigenvalue weighted by Gasteiger charge is -2.11. The lowest BCUT2D eigenvalue weighted by atomic mass is 10.0. The fraction of sp³-hybridized carbons (Fsp3) is 0.364. The lowest BCUT2D eigenvalue weighted by Crippen LogP contribution is -2.10. The van der Waals surface area contributed by atoms with Crippen molar-refractivity contribution in [3.63, 3.8) is 0 Å². The zero-order chi connectivity index (χ0) is 13.7. The van der Waals surface area contributed by atoms with Gasteiger partial charge < -0.3 is 4.74 Å². The molecule has 0 N–H and O–H groups in total. The Kier molecular flexibility index (Phi) is 5.16. The molecule has 96 valence electrons. The molecular formula is C11H9BrF2N2O2. The first kappa shape index (κ1) is 14.5. The van der Waals surface area contributed by atoms with E-state index in [-0.39, 0.29) is 28.6 Å². The molecule has 0 amide bonds. The fourth-order valence-electron chi connectivity index (χ4n) is 1.44. The highest BCUT2D eigenvalue weighted by Crippen LogP contribution is 2.29. The van der Waals surface area contributed by atoms with Crippen LogP contribution in [0.5, 0.6) is 0 Å². The average molecular weight is 319 g/mol. The maximum Gasteiger partial charge on any atom is 0.310 e. The number of carbonyl (C=O) groups excluding carboxylic acids is 1. The summed E-state index contributed by atoms with van der Waals surface area (Å²) in [5, 5.41) is 9.09. The molecule has 0 unspecified atom stereocenters. The number of esters is 1. The molecule has 0 saturated carbocycles. The van der Waals surface area contributed by atoms with Crippen LogP contribution < -0.4 is 0 Å². The van der Waals surface area contributed by atoms with Gasteiger partial charge in [0.15, 0.2) is 0 Å². The maximum absolute atomic E-state index is 12.9. The van der Waals surface area contributed by atoms with Crippen LogP contribution in [0.4, 0.5) is 8.78 Å². The molecule has 0 aromatic carbocycles. The summed E-state index contributed by atoms with van der Waals surface area (Å²) in [4.78, 5) is 15.0. The van der Waals surface area contributed by atoms with Crippen LogP contribution in [0.25, 0.3) is 0 Å². The van der Waals surface area contributed by atoms with Gasteiger partial charge in [0.25, 0.3) is 6.43 Å². The topological polar surface area (TPSA) is 63.0 Å². The number of methoxy groups -OCH3 is 1. The summed E-state index contributed by atoms with van der Waals surface area (Å²) >= 11 is 3.03. The molecular weight excluding hydrogens is 310 g/mol. The highest BCUT2D eigenvalue weighted by Gasteiger charge is 2.22. The highest BCUT2D eigenvalue weighted by atomic mass is 79.9. The molecule has 1 heterocycles. The van der Waals surface area contributed by atoms with Crippen LogP contribution in [0.15, 0.2) is 6.20 Å². The van der Waals surface area contributed by atoms with Gasteiger partial charge in [0.05, 0.1) is 30.4 Å². The smallest absolute Gasteiger partial charge is 0.310 e. The van der Waals surface area contributed by atoms with Crippen molar-refractivity contribution in [2.45, 2.75) is 18.2 Å². The minimum Gasteiger partial charge on any atom is -0.469 e. The summed E-state index contributed by atoms with van der Waals surface area (Å²) in [6, 6.07) is 1.70. The monoisotopic (exact) mass is 318 g/mol. The Morgan fingerprint density at radius 2 is 2.33 bits per heavy atom. The van der Waals surface area contributed by atoms with Crippen molar-refractivity contribution >= 4 is 21.9 Å². The number of hydrogen-bond acceptors (Lipinski definition) is 4. The molecule has 4 nitrogen and oxygen atoms in total. The molecule has 0 atom stereocenters. The van der Waals surface area contributed by atoms with Gasteiger partial charge in [-0.1, -0.05) is 15.9 Å². The van der Waals surface area contributed by atoms with Crippen molar-refractivity contribution in [3.05, 3.63) is 28.6 Å². The first-order valence-electron chi connectivity index (χ1n) is 4.86. The summed E-state index contributed by atoms with van der Waals surface area (Å²) in [6.07, 6.45) is -1.83. The van der Waals surface area contributed by atoms with E-state index in [4.69, 9.17) is 5.26 Å². The molecule has 0 bridgehead atoms. The van der Waals surface area contributed by atoms with E-state index in [2.05, 4.69) is 25.7 Å². The van der Waals surface area contributed by atoms with Crippen molar-refractivity contribution in [1.82, 2.24) is 4.98 Å². The molecule has 0 radical (unpaired) electrons. The number of nitrogens with zero attached hydrogens (tertiary/aromatic N) is 2. The average Bonchev–Trinajstić information content (AvgIpc) is 2.37. The summed E-state index contributed by atoms with van der Waals surface area (Å²) < 4.78 is 30.3. The van der Waals surface area contributed by atoms with Crippen LogP contribution in [-0.2, 0) is 21.3 Å². The lowest BCUT2D eigenvalue weighted by molar-refractivity contribution is -0.139. The second-order valence-corrected chi connectivity index (χ2v) is 3.88. The molecule has 0 aliphatic carbocycles. The van der Waals surface area contributed by atoms with Crippen LogP contribution in [0, 0.1) is 11.3 Å². The predicted molar refractivity (Wildman–Crippen MR) is 62.3 cm³/mol. The molecule has 0 spiro atoms. The molecule has 1 aromatic heterocycles. The Labute approximate surface area is 111 Å². The Bertz CT molecular complexity index is 501. The number of hydrogen-bond donors (Lipinski definition) is 0. The molecule has 1 aromatic rings. The van der Waals surface area contributed by atoms with Crippen molar-refractivity contribution < 1.29 is 18.3 Å². The summed E-state index contributed by atoms with van der Waals surface area (Å²) in [7, 11) is 1.18. The third-order valence-electron chi connectivity index (χ3n) is 2.30. The zero-order valence-electron chi connectivity index (χ0n) is 9.41. The van der Waals surface area contributed by atoms with Crippen LogP contribution in [0.1, 0.15) is 28.8 Å². The SMILES string of the molecule is COC(=O)Cc1cnc(CBr)c(C(F)F)c1C#N. The van der Waals surface area contributed by atoms with Crippen LogP contribution in [-0.4, -0.2) is 18.1 Å². The predicted octanol–water partition coefficient (Wildman–Crippen LogP) is 2.50. The number of halogens is 3. The summed E-state index contributed by atoms with van der Waals surface area (Å²) in [5.74, 6) is -0.611. The van der Waals surface area contributed by atoms with Crippen LogP contribution >= 0.6 is 15.9 Å². The van der Waals surface area contributed by atoms with E-state index < -0.39 is 18.0 Å². The largest absolute Gasteiger partial charge is 0.469 e. The van der Waals surface area contributed by atoms with Crippen molar-refractivity contribution in [3.8, 4) is 6.07 Å². The van der Waals surface area contributed by atoms with E-state index in [1.165, 1.54) is 13.3 Å². The minimum absolute atomic E-state index is 0.0927. The number of carbonyl (C=O) groups is 1. The van der Waals surface area contributed by atoms with Gasteiger partial charge in [0, 0.05) is 11.5 Å². The third-order valence-corrected chi connectivity index (χ3v) is 2.83. The summed E-state index contributed by atoms with van der Waals surface area (Å²) in [5.41, 5.74) is -0.407. The van der Waals surface area contributed by atoms with Gasteiger partial charge in [-0.05, 0) is 5.56 Å². The number of rotatable bonds is 4. The van der Waals surface area contributed by atoms with Gasteiger partial charge in [-0.3, -0.25) is 9.78 Å². The minimum atomic E-state index is -2.82. The van der Waals surface area contributed by atoms with Crippen LogP contribution in [0.3, 0.4) is 0 Å². The normalized spacial score (nSPS) is 10.2. The molecule has 7 heteroatoms. The van der Waals surface area contributed by atoms with E-state index in [0.717, 1.165) is 0 Å². The first-order chi connectivity index (χ1) is 8.54. The van der Waals surface area contributed by atoms with Gasteiger partial charge in [0.1, 0.15) is 6.07 Å². The van der Waals surface area contributed by atoms with Gasteiger partial charge in [-0.15, -0.1) is 0 Å². The Hall–Kier alpha value is -1.55. The number of alkyl halides is 3. The second-order valence-electron chi connectivity index (χ2n) is 3.32. The number of nitriles is 1. The summed E-state index contributed by atoms with van der Waals surface area (Å²) in [6.45, 7) is 0. The van der Waals surface area contributed by atoms with Gasteiger partial charge in [0.2, 0.25) is 0 Å². The van der Waals surface area contributed by atoms with E-state index in [1.807, 2.05) is 0 Å². The number of aromatic nitrogens is 1. The fourth-order valence-corrected chi connectivity index (χ4v) is 1.89. The van der Waals surface area contributed by atoms with E-state index in [9.17, 15) is 13.6 Å². The van der Waals surface area contributed by atoms with Crippen molar-refractivity contribution in [2.24, 2.45) is 0 Å². The van der Waals surface area contributed by atoms with Crippen molar-refractivity contribution in [2.75, 3.05) is 7.11 Å². The quantitative estimate of drug-likeness (QED) is 0.632. The van der Waals surface area contributed by atoms with Gasteiger partial charge >= 0.3 is 5.97 Å². The maximum atomic E-state index is 12.9. The van der Waals surface area contributed by atoms with Gasteiger partial charge in [-0.2, -0.15) is 5.26 Å². The van der Waals surface area contributed by atoms with E-state index in [0.29, 0.717) is 0 Å². The number of ether oxygens (including phenoxy) is 1. The Morgan fingerprint density at radius 3 is 2.78 bits per heavy atom. The standard InChI is InChI=1S/C11H9BrF2N2O2/c1-18-9(17)2-6-5-16-8(3-12)10(11(13)14)7(6)4-15/h5,11H,2-3H2,1H3. The zero-order valence-corrected chi connectivity index (χ0v) is 11.0. The molecule has 0 fully saturated rings.